The van der Waals surface area contributed by atoms with Crippen LogP contribution in [0.2, 0.25) is 0 Å². The molecule has 2 amide bonds. The van der Waals surface area contributed by atoms with Crippen LogP contribution in [-0.2, 0) is 9.53 Å². The normalized spacial score (nSPS) is 21.1. The number of amides is 2. The van der Waals surface area contributed by atoms with E-state index in [0.29, 0.717) is 43.7 Å². The number of anilines is 1. The van der Waals surface area contributed by atoms with Crippen LogP contribution in [0.15, 0.2) is 24.3 Å². The second kappa shape index (κ2) is 8.08. The highest BCUT2D eigenvalue weighted by atomic mass is 16.5. The number of hydrogen-bond donors (Lipinski definition) is 2. The fraction of sp³-hybridized carbons (Fsp3) is 0.529. The molecular weight excluding hydrogens is 294 g/mol. The van der Waals surface area contributed by atoms with Gasteiger partial charge in [-0.2, -0.15) is 0 Å². The van der Waals surface area contributed by atoms with Crippen molar-refractivity contribution in [3.05, 3.63) is 29.8 Å². The quantitative estimate of drug-likeness (QED) is 0.863. The van der Waals surface area contributed by atoms with E-state index < -0.39 is 0 Å². The number of ether oxygens (including phenoxy) is 1. The van der Waals surface area contributed by atoms with E-state index in [1.807, 2.05) is 18.7 Å². The maximum Gasteiger partial charge on any atom is 0.254 e. The van der Waals surface area contributed by atoms with Crippen molar-refractivity contribution in [3.63, 3.8) is 0 Å². The molecule has 1 aromatic carbocycles. The number of carbonyl (C=O) groups is 2. The fourth-order valence-electron chi connectivity index (χ4n) is 2.71. The first-order valence-corrected chi connectivity index (χ1v) is 8.04. The molecule has 1 fully saturated rings. The molecule has 2 rings (SSSR count). The molecule has 1 aliphatic heterocycles. The van der Waals surface area contributed by atoms with Gasteiger partial charge in [-0.1, -0.05) is 0 Å². The summed E-state index contributed by atoms with van der Waals surface area (Å²) in [6, 6.07) is 6.99. The van der Waals surface area contributed by atoms with Gasteiger partial charge in [0.2, 0.25) is 5.91 Å². The predicted molar refractivity (Wildman–Crippen MR) is 89.3 cm³/mol. The first-order valence-electron chi connectivity index (χ1n) is 8.04. The van der Waals surface area contributed by atoms with Crippen LogP contribution in [0.1, 0.15) is 37.0 Å². The topological polar surface area (TPSA) is 84.7 Å². The third-order valence-corrected chi connectivity index (χ3v) is 3.73. The molecule has 1 saturated heterocycles. The minimum absolute atomic E-state index is 0.00647. The molecule has 1 aliphatic rings. The smallest absolute Gasteiger partial charge is 0.254 e. The minimum atomic E-state index is -0.0645. The molecule has 1 aromatic rings. The molecule has 3 N–H and O–H groups in total. The monoisotopic (exact) mass is 319 g/mol. The van der Waals surface area contributed by atoms with E-state index in [9.17, 15) is 9.59 Å². The van der Waals surface area contributed by atoms with E-state index in [4.69, 9.17) is 10.5 Å². The van der Waals surface area contributed by atoms with Crippen molar-refractivity contribution in [2.75, 3.05) is 25.0 Å². The van der Waals surface area contributed by atoms with Gasteiger partial charge in [0.1, 0.15) is 0 Å². The highest BCUT2D eigenvalue weighted by Gasteiger charge is 2.26. The van der Waals surface area contributed by atoms with Gasteiger partial charge < -0.3 is 20.7 Å². The highest BCUT2D eigenvalue weighted by Crippen LogP contribution is 2.16. The number of nitrogens with two attached hydrogens (primary N) is 1. The molecule has 126 valence electrons. The van der Waals surface area contributed by atoms with Gasteiger partial charge in [-0.25, -0.2) is 0 Å². The number of carbonyl (C=O) groups excluding carboxylic acids is 2. The van der Waals surface area contributed by atoms with Crippen molar-refractivity contribution in [3.8, 4) is 0 Å². The average Bonchev–Trinajstić information content (AvgIpc) is 2.52. The van der Waals surface area contributed by atoms with Gasteiger partial charge in [0.15, 0.2) is 0 Å². The van der Waals surface area contributed by atoms with Crippen molar-refractivity contribution in [1.29, 1.82) is 0 Å². The van der Waals surface area contributed by atoms with Crippen molar-refractivity contribution in [2.45, 2.75) is 38.9 Å². The van der Waals surface area contributed by atoms with Crippen LogP contribution in [0, 0.1) is 0 Å². The second-order valence-electron chi connectivity index (χ2n) is 5.99. The minimum Gasteiger partial charge on any atom is -0.372 e. The summed E-state index contributed by atoms with van der Waals surface area (Å²) < 4.78 is 5.65. The molecular formula is C17H25N3O3. The van der Waals surface area contributed by atoms with Crippen LogP contribution in [0.5, 0.6) is 0 Å². The van der Waals surface area contributed by atoms with Gasteiger partial charge in [-0.05, 0) is 51.1 Å². The van der Waals surface area contributed by atoms with Gasteiger partial charge in [-0.15, -0.1) is 0 Å². The van der Waals surface area contributed by atoms with E-state index in [1.165, 1.54) is 0 Å². The summed E-state index contributed by atoms with van der Waals surface area (Å²) in [6.45, 7) is 5.63. The molecule has 6 heteroatoms. The van der Waals surface area contributed by atoms with Crippen LogP contribution in [0.25, 0.3) is 0 Å². The average molecular weight is 319 g/mol. The summed E-state index contributed by atoms with van der Waals surface area (Å²) in [5.41, 5.74) is 6.69. The van der Waals surface area contributed by atoms with Crippen LogP contribution < -0.4 is 11.1 Å². The first-order chi connectivity index (χ1) is 11.0. The number of morpholine rings is 1. The fourth-order valence-corrected chi connectivity index (χ4v) is 2.71. The summed E-state index contributed by atoms with van der Waals surface area (Å²) >= 11 is 0. The van der Waals surface area contributed by atoms with E-state index in [0.717, 1.165) is 0 Å². The maximum absolute atomic E-state index is 12.5. The molecule has 1 heterocycles. The van der Waals surface area contributed by atoms with Gasteiger partial charge in [0.25, 0.3) is 5.91 Å². The Hall–Kier alpha value is -1.92. The zero-order valence-electron chi connectivity index (χ0n) is 13.7. The van der Waals surface area contributed by atoms with Crippen molar-refractivity contribution < 1.29 is 14.3 Å². The van der Waals surface area contributed by atoms with Crippen LogP contribution in [0.4, 0.5) is 5.69 Å². The number of hydrogen-bond acceptors (Lipinski definition) is 4. The van der Waals surface area contributed by atoms with E-state index in [1.54, 1.807) is 24.3 Å². The Kier molecular flexibility index (Phi) is 6.12. The van der Waals surface area contributed by atoms with Crippen molar-refractivity contribution in [1.82, 2.24) is 4.90 Å². The summed E-state index contributed by atoms with van der Waals surface area (Å²) in [5, 5.41) is 2.80. The molecule has 6 nitrogen and oxygen atoms in total. The zero-order valence-corrected chi connectivity index (χ0v) is 13.7. The Morgan fingerprint density at radius 1 is 1.22 bits per heavy atom. The first kappa shape index (κ1) is 17.4. The van der Waals surface area contributed by atoms with Crippen LogP contribution in [-0.4, -0.2) is 48.6 Å². The number of rotatable bonds is 5. The van der Waals surface area contributed by atoms with E-state index in [2.05, 4.69) is 5.32 Å². The predicted octanol–water partition coefficient (Wildman–Crippen LogP) is 1.61. The standard InChI is InChI=1S/C17H25N3O3/c1-12-10-20(11-13(2)23-12)17(22)14-5-7-15(8-6-14)19-16(21)4-3-9-18/h5-8,12-13H,3-4,9-11,18H2,1-2H3,(H,19,21). The van der Waals surface area contributed by atoms with E-state index >= 15 is 0 Å². The summed E-state index contributed by atoms with van der Waals surface area (Å²) in [5.74, 6) is -0.0710. The SMILES string of the molecule is CC1CN(C(=O)c2ccc(NC(=O)CCCN)cc2)CC(C)O1. The second-order valence-corrected chi connectivity index (χ2v) is 5.99. The Labute approximate surface area is 137 Å². The Morgan fingerprint density at radius 2 is 1.83 bits per heavy atom. The molecule has 0 radical (unpaired) electrons. The molecule has 23 heavy (non-hydrogen) atoms. The van der Waals surface area contributed by atoms with Crippen molar-refractivity contribution in [2.24, 2.45) is 5.73 Å². The molecule has 0 aliphatic carbocycles. The summed E-state index contributed by atoms with van der Waals surface area (Å²) in [4.78, 5) is 26.0. The Bertz CT molecular complexity index is 535. The maximum atomic E-state index is 12.5. The summed E-state index contributed by atoms with van der Waals surface area (Å²) in [7, 11) is 0. The third-order valence-electron chi connectivity index (χ3n) is 3.73. The van der Waals surface area contributed by atoms with Crippen molar-refractivity contribution >= 4 is 17.5 Å². The molecule has 0 saturated carbocycles. The summed E-state index contributed by atoms with van der Waals surface area (Å²) in [6.07, 6.45) is 1.16. The van der Waals surface area contributed by atoms with Gasteiger partial charge in [0, 0.05) is 30.8 Å². The Balaban J connectivity index is 1.96. The molecule has 2 atom stereocenters. The Morgan fingerprint density at radius 3 is 2.39 bits per heavy atom. The van der Waals surface area contributed by atoms with Crippen LogP contribution in [0.3, 0.4) is 0 Å². The number of nitrogens with zero attached hydrogens (tertiary/aromatic N) is 1. The lowest BCUT2D eigenvalue weighted by molar-refractivity contribution is -0.116. The van der Waals surface area contributed by atoms with Crippen LogP contribution >= 0.6 is 0 Å². The molecule has 2 unspecified atom stereocenters. The zero-order chi connectivity index (χ0) is 16.8. The van der Waals surface area contributed by atoms with Gasteiger partial charge in [0.05, 0.1) is 12.2 Å². The van der Waals surface area contributed by atoms with Gasteiger partial charge in [-0.3, -0.25) is 9.59 Å². The third kappa shape index (κ3) is 5.04. The number of nitrogens with one attached hydrogen (secondary N) is 1. The molecule has 0 bridgehead atoms. The lowest BCUT2D eigenvalue weighted by atomic mass is 10.1. The van der Waals surface area contributed by atoms with Gasteiger partial charge >= 0.3 is 0 Å². The largest absolute Gasteiger partial charge is 0.372 e. The lowest BCUT2D eigenvalue weighted by Crippen LogP contribution is -2.48. The highest BCUT2D eigenvalue weighted by molar-refractivity contribution is 5.96. The number of benzene rings is 1. The van der Waals surface area contributed by atoms with E-state index in [-0.39, 0.29) is 24.0 Å². The lowest BCUT2D eigenvalue weighted by Gasteiger charge is -2.35. The molecule has 0 aromatic heterocycles. The molecule has 0 spiro atoms.